The molecule has 2 rings (SSSR count). The Hall–Kier alpha value is -1.33. The number of methoxy groups -OCH3 is 1. The summed E-state index contributed by atoms with van der Waals surface area (Å²) in [5.41, 5.74) is 3.47. The molecular formula is C16H22BrN3O. The second-order valence-electron chi connectivity index (χ2n) is 5.02. The fourth-order valence-corrected chi connectivity index (χ4v) is 3.04. The van der Waals surface area contributed by atoms with Crippen LogP contribution in [-0.2, 0) is 6.54 Å². The number of ether oxygens (including phenoxy) is 1. The van der Waals surface area contributed by atoms with E-state index in [4.69, 9.17) is 4.74 Å². The van der Waals surface area contributed by atoms with Crippen molar-refractivity contribution in [2.75, 3.05) is 14.2 Å². The van der Waals surface area contributed by atoms with Crippen molar-refractivity contribution in [3.63, 3.8) is 0 Å². The Bertz CT molecular complexity index is 610. The number of nitrogens with zero attached hydrogens (tertiary/aromatic N) is 2. The van der Waals surface area contributed by atoms with Crippen LogP contribution in [0.15, 0.2) is 28.9 Å². The van der Waals surface area contributed by atoms with E-state index in [1.165, 1.54) is 11.1 Å². The van der Waals surface area contributed by atoms with E-state index in [0.29, 0.717) is 0 Å². The molecule has 0 aliphatic heterocycles. The minimum Gasteiger partial charge on any atom is -0.493 e. The van der Waals surface area contributed by atoms with Gasteiger partial charge in [-0.25, -0.2) is 0 Å². The predicted molar refractivity (Wildman–Crippen MR) is 88.9 cm³/mol. The number of rotatable bonds is 6. The average molecular weight is 352 g/mol. The summed E-state index contributed by atoms with van der Waals surface area (Å²) >= 11 is 3.71. The molecule has 1 aromatic heterocycles. The fraction of sp³-hybridized carbons (Fsp3) is 0.438. The van der Waals surface area contributed by atoms with Crippen molar-refractivity contribution in [3.8, 4) is 5.75 Å². The third-order valence-corrected chi connectivity index (χ3v) is 4.68. The third kappa shape index (κ3) is 3.14. The van der Waals surface area contributed by atoms with Crippen LogP contribution in [0.2, 0.25) is 0 Å². The molecule has 0 saturated heterocycles. The zero-order chi connectivity index (χ0) is 15.4. The number of nitrogens with one attached hydrogen (secondary N) is 1. The first-order valence-corrected chi connectivity index (χ1v) is 7.95. The molecule has 1 N–H and O–H groups in total. The molecule has 0 bridgehead atoms. The topological polar surface area (TPSA) is 39.1 Å². The Balaban J connectivity index is 2.55. The van der Waals surface area contributed by atoms with Gasteiger partial charge in [-0.1, -0.05) is 41.1 Å². The highest BCUT2D eigenvalue weighted by Gasteiger charge is 2.24. The number of hydrogen-bond acceptors (Lipinski definition) is 3. The van der Waals surface area contributed by atoms with Crippen molar-refractivity contribution in [1.29, 1.82) is 0 Å². The molecule has 0 fully saturated rings. The van der Waals surface area contributed by atoms with E-state index in [1.807, 2.05) is 11.7 Å². The zero-order valence-corrected chi connectivity index (χ0v) is 14.6. The van der Waals surface area contributed by atoms with Crippen LogP contribution < -0.4 is 10.1 Å². The van der Waals surface area contributed by atoms with Gasteiger partial charge < -0.3 is 10.1 Å². The van der Waals surface area contributed by atoms with Gasteiger partial charge in [0.1, 0.15) is 5.69 Å². The molecule has 1 heterocycles. The van der Waals surface area contributed by atoms with Gasteiger partial charge in [0.05, 0.1) is 19.3 Å². The summed E-state index contributed by atoms with van der Waals surface area (Å²) in [5, 5.41) is 7.85. The Morgan fingerprint density at radius 3 is 2.81 bits per heavy atom. The van der Waals surface area contributed by atoms with E-state index in [2.05, 4.69) is 58.4 Å². The molecule has 114 valence electrons. The summed E-state index contributed by atoms with van der Waals surface area (Å²) in [6.45, 7) is 5.12. The maximum absolute atomic E-state index is 5.51. The highest BCUT2D eigenvalue weighted by molar-refractivity contribution is 9.10. The largest absolute Gasteiger partial charge is 0.493 e. The lowest BCUT2D eigenvalue weighted by atomic mass is 10.0. The number of halogens is 1. The van der Waals surface area contributed by atoms with Crippen molar-refractivity contribution >= 4 is 15.9 Å². The van der Waals surface area contributed by atoms with Gasteiger partial charge in [0.2, 0.25) is 0 Å². The van der Waals surface area contributed by atoms with Gasteiger partial charge in [-0.3, -0.25) is 4.68 Å². The van der Waals surface area contributed by atoms with Crippen molar-refractivity contribution in [2.45, 2.75) is 32.9 Å². The van der Waals surface area contributed by atoms with Gasteiger partial charge in [-0.05, 0) is 31.5 Å². The van der Waals surface area contributed by atoms with Crippen LogP contribution in [0.4, 0.5) is 0 Å². The predicted octanol–water partition coefficient (Wildman–Crippen LogP) is 3.68. The van der Waals surface area contributed by atoms with E-state index in [0.717, 1.165) is 28.9 Å². The van der Waals surface area contributed by atoms with Gasteiger partial charge in [0, 0.05) is 11.0 Å². The first-order valence-electron chi connectivity index (χ1n) is 7.16. The van der Waals surface area contributed by atoms with Crippen LogP contribution in [0.3, 0.4) is 0 Å². The van der Waals surface area contributed by atoms with Gasteiger partial charge in [0.15, 0.2) is 5.75 Å². The summed E-state index contributed by atoms with van der Waals surface area (Å²) in [6.07, 6.45) is 2.82. The summed E-state index contributed by atoms with van der Waals surface area (Å²) in [7, 11) is 3.65. The molecule has 4 nitrogen and oxygen atoms in total. The van der Waals surface area contributed by atoms with Crippen molar-refractivity contribution in [1.82, 2.24) is 15.1 Å². The van der Waals surface area contributed by atoms with E-state index in [-0.39, 0.29) is 6.04 Å². The molecule has 0 amide bonds. The van der Waals surface area contributed by atoms with Crippen LogP contribution in [0.25, 0.3) is 0 Å². The first-order chi connectivity index (χ1) is 10.1. The molecule has 1 unspecified atom stereocenters. The molecule has 1 aromatic carbocycles. The van der Waals surface area contributed by atoms with Crippen LogP contribution in [-0.4, -0.2) is 23.9 Å². The molecule has 0 saturated carbocycles. The summed E-state index contributed by atoms with van der Waals surface area (Å²) in [6, 6.07) is 6.33. The molecular weight excluding hydrogens is 330 g/mol. The maximum atomic E-state index is 5.51. The van der Waals surface area contributed by atoms with Crippen molar-refractivity contribution in [2.24, 2.45) is 0 Å². The highest BCUT2D eigenvalue weighted by Crippen LogP contribution is 2.34. The van der Waals surface area contributed by atoms with Crippen molar-refractivity contribution < 1.29 is 4.74 Å². The van der Waals surface area contributed by atoms with Gasteiger partial charge in [0.25, 0.3) is 0 Å². The van der Waals surface area contributed by atoms with Crippen LogP contribution in [0.5, 0.6) is 5.75 Å². The van der Waals surface area contributed by atoms with E-state index < -0.39 is 0 Å². The SMILES string of the molecule is CCCn1ncc(OC)c1C(NC)c1cccc(C)c1Br. The zero-order valence-electron chi connectivity index (χ0n) is 13.0. The summed E-state index contributed by atoms with van der Waals surface area (Å²) in [4.78, 5) is 0. The number of aromatic nitrogens is 2. The molecule has 0 radical (unpaired) electrons. The van der Waals surface area contributed by atoms with Gasteiger partial charge in [-0.15, -0.1) is 0 Å². The normalized spacial score (nSPS) is 12.4. The molecule has 0 spiro atoms. The lowest BCUT2D eigenvalue weighted by Gasteiger charge is -2.21. The van der Waals surface area contributed by atoms with Crippen LogP contribution >= 0.6 is 15.9 Å². The number of aryl methyl sites for hydroxylation is 2. The van der Waals surface area contributed by atoms with Crippen molar-refractivity contribution in [3.05, 3.63) is 45.7 Å². The monoisotopic (exact) mass is 351 g/mol. The third-order valence-electron chi connectivity index (χ3n) is 3.60. The standard InChI is InChI=1S/C16H22BrN3O/c1-5-9-20-16(13(21-4)10-19-20)15(18-3)12-8-6-7-11(2)14(12)17/h6-8,10,15,18H,5,9H2,1-4H3. The second-order valence-corrected chi connectivity index (χ2v) is 5.81. The van der Waals surface area contributed by atoms with Gasteiger partial charge in [-0.2, -0.15) is 5.10 Å². The number of hydrogen-bond donors (Lipinski definition) is 1. The van der Waals surface area contributed by atoms with Crippen LogP contribution in [0, 0.1) is 6.92 Å². The second kappa shape index (κ2) is 7.09. The highest BCUT2D eigenvalue weighted by atomic mass is 79.9. The Kier molecular flexibility index (Phi) is 5.42. The molecule has 1 atom stereocenters. The minimum atomic E-state index is 0.0308. The fourth-order valence-electron chi connectivity index (χ4n) is 2.55. The van der Waals surface area contributed by atoms with E-state index >= 15 is 0 Å². The van der Waals surface area contributed by atoms with E-state index in [9.17, 15) is 0 Å². The molecule has 2 aromatic rings. The lowest BCUT2D eigenvalue weighted by Crippen LogP contribution is -2.23. The Labute approximate surface area is 134 Å². The average Bonchev–Trinajstić information content (AvgIpc) is 2.88. The smallest absolute Gasteiger partial charge is 0.161 e. The van der Waals surface area contributed by atoms with Crippen LogP contribution in [0.1, 0.15) is 36.2 Å². The summed E-state index contributed by atoms with van der Waals surface area (Å²) in [5.74, 6) is 0.816. The van der Waals surface area contributed by atoms with E-state index in [1.54, 1.807) is 13.3 Å². The summed E-state index contributed by atoms with van der Waals surface area (Å²) < 4.78 is 8.65. The minimum absolute atomic E-state index is 0.0308. The molecule has 0 aliphatic carbocycles. The Morgan fingerprint density at radius 1 is 1.43 bits per heavy atom. The molecule has 0 aliphatic rings. The number of benzene rings is 1. The quantitative estimate of drug-likeness (QED) is 0.862. The Morgan fingerprint density at radius 2 is 2.19 bits per heavy atom. The maximum Gasteiger partial charge on any atom is 0.161 e. The van der Waals surface area contributed by atoms with Gasteiger partial charge >= 0.3 is 0 Å². The molecule has 21 heavy (non-hydrogen) atoms. The first kappa shape index (κ1) is 16.0. The molecule has 5 heteroatoms. The lowest BCUT2D eigenvalue weighted by molar-refractivity contribution is 0.400.